The fourth-order valence-corrected chi connectivity index (χ4v) is 2.47. The average molecular weight is 329 g/mol. The fraction of sp³-hybridized carbons (Fsp3) is 0.308. The molecule has 1 N–H and O–H groups in total. The lowest BCUT2D eigenvalue weighted by atomic mass is 10.1. The van der Waals surface area contributed by atoms with E-state index in [0.717, 1.165) is 20.4 Å². The standard InChI is InChI=1S/C13H16INO/c1-5-9(3)13(16)15-12-10(4)6-8(2)7-11(12)14/h5-7H,1-4H3,(H,15,16). The Balaban J connectivity index is 3.03. The number of allylic oxidation sites excluding steroid dienone is 1. The maximum absolute atomic E-state index is 11.8. The number of hydrogen-bond acceptors (Lipinski definition) is 1. The molecule has 0 aliphatic heterocycles. The van der Waals surface area contributed by atoms with Gasteiger partial charge >= 0.3 is 0 Å². The van der Waals surface area contributed by atoms with Gasteiger partial charge in [-0.25, -0.2) is 0 Å². The molecule has 0 radical (unpaired) electrons. The highest BCUT2D eigenvalue weighted by molar-refractivity contribution is 14.1. The molecule has 0 aliphatic carbocycles. The van der Waals surface area contributed by atoms with E-state index in [4.69, 9.17) is 0 Å². The summed E-state index contributed by atoms with van der Waals surface area (Å²) in [5.74, 6) is -0.0348. The third kappa shape index (κ3) is 3.07. The molecule has 0 unspecified atom stereocenters. The SMILES string of the molecule is CC=C(C)C(=O)Nc1c(C)cc(C)cc1I. The van der Waals surface area contributed by atoms with Gasteiger partial charge in [0, 0.05) is 9.14 Å². The fourth-order valence-electron chi connectivity index (χ4n) is 1.42. The molecule has 1 aromatic carbocycles. The zero-order valence-electron chi connectivity index (χ0n) is 10.0. The minimum atomic E-state index is -0.0348. The number of carbonyl (C=O) groups is 1. The average Bonchev–Trinajstić information content (AvgIpc) is 2.21. The van der Waals surface area contributed by atoms with Crippen molar-refractivity contribution in [2.24, 2.45) is 0 Å². The van der Waals surface area contributed by atoms with E-state index in [1.807, 2.05) is 26.8 Å². The van der Waals surface area contributed by atoms with Crippen molar-refractivity contribution in [3.05, 3.63) is 38.5 Å². The molecule has 0 bridgehead atoms. The maximum Gasteiger partial charge on any atom is 0.250 e. The molecule has 1 amide bonds. The van der Waals surface area contributed by atoms with Crippen molar-refractivity contribution in [3.63, 3.8) is 0 Å². The van der Waals surface area contributed by atoms with Crippen LogP contribution in [0.2, 0.25) is 0 Å². The van der Waals surface area contributed by atoms with Crippen LogP contribution in [0.25, 0.3) is 0 Å². The number of halogens is 1. The summed E-state index contributed by atoms with van der Waals surface area (Å²) < 4.78 is 1.08. The highest BCUT2D eigenvalue weighted by atomic mass is 127. The van der Waals surface area contributed by atoms with Crippen LogP contribution in [0, 0.1) is 17.4 Å². The zero-order valence-corrected chi connectivity index (χ0v) is 12.2. The van der Waals surface area contributed by atoms with Gasteiger partial charge in [-0.1, -0.05) is 12.1 Å². The molecule has 2 nitrogen and oxygen atoms in total. The first-order chi connectivity index (χ1) is 7.45. The minimum absolute atomic E-state index is 0.0348. The number of benzene rings is 1. The molecule has 1 aromatic rings. The van der Waals surface area contributed by atoms with Crippen LogP contribution in [0.4, 0.5) is 5.69 Å². The summed E-state index contributed by atoms with van der Waals surface area (Å²) in [6, 6.07) is 4.14. The van der Waals surface area contributed by atoms with Gasteiger partial charge in [-0.15, -0.1) is 0 Å². The van der Waals surface area contributed by atoms with Crippen molar-refractivity contribution in [1.82, 2.24) is 0 Å². The monoisotopic (exact) mass is 329 g/mol. The van der Waals surface area contributed by atoms with Gasteiger partial charge in [0.05, 0.1) is 5.69 Å². The summed E-state index contributed by atoms with van der Waals surface area (Å²) in [5, 5.41) is 2.94. The summed E-state index contributed by atoms with van der Waals surface area (Å²) in [6.45, 7) is 7.74. The Morgan fingerprint density at radius 1 is 1.38 bits per heavy atom. The predicted octanol–water partition coefficient (Wildman–Crippen LogP) is 3.81. The molecule has 86 valence electrons. The van der Waals surface area contributed by atoms with Gasteiger partial charge in [-0.3, -0.25) is 4.79 Å². The smallest absolute Gasteiger partial charge is 0.250 e. The lowest BCUT2D eigenvalue weighted by Gasteiger charge is -2.11. The van der Waals surface area contributed by atoms with E-state index in [2.05, 4.69) is 47.0 Å². The van der Waals surface area contributed by atoms with Gasteiger partial charge in [-0.05, 0) is 67.5 Å². The van der Waals surface area contributed by atoms with Crippen molar-refractivity contribution in [1.29, 1.82) is 0 Å². The molecule has 0 aliphatic rings. The van der Waals surface area contributed by atoms with Gasteiger partial charge < -0.3 is 5.32 Å². The molecule has 16 heavy (non-hydrogen) atoms. The molecule has 0 saturated carbocycles. The minimum Gasteiger partial charge on any atom is -0.321 e. The van der Waals surface area contributed by atoms with E-state index < -0.39 is 0 Å². The van der Waals surface area contributed by atoms with Gasteiger partial charge in [0.2, 0.25) is 0 Å². The lowest BCUT2D eigenvalue weighted by molar-refractivity contribution is -0.112. The molecule has 0 saturated heterocycles. The Kier molecular flexibility index (Phi) is 4.53. The van der Waals surface area contributed by atoms with Crippen LogP contribution in [0.1, 0.15) is 25.0 Å². The van der Waals surface area contributed by atoms with Gasteiger partial charge in [0.15, 0.2) is 0 Å². The Bertz CT molecular complexity index is 426. The molecular weight excluding hydrogens is 313 g/mol. The first kappa shape index (κ1) is 13.2. The highest BCUT2D eigenvalue weighted by Crippen LogP contribution is 2.24. The van der Waals surface area contributed by atoms with E-state index in [0.29, 0.717) is 0 Å². The second-order valence-electron chi connectivity index (χ2n) is 3.86. The number of anilines is 1. The largest absolute Gasteiger partial charge is 0.321 e. The Morgan fingerprint density at radius 3 is 2.50 bits per heavy atom. The number of amides is 1. The van der Waals surface area contributed by atoms with E-state index in [1.165, 1.54) is 5.56 Å². The van der Waals surface area contributed by atoms with Gasteiger partial charge in [-0.2, -0.15) is 0 Å². The van der Waals surface area contributed by atoms with Crippen molar-refractivity contribution in [2.75, 3.05) is 5.32 Å². The lowest BCUT2D eigenvalue weighted by Crippen LogP contribution is -2.14. The first-order valence-electron chi connectivity index (χ1n) is 5.16. The summed E-state index contributed by atoms with van der Waals surface area (Å²) >= 11 is 2.25. The molecular formula is C13H16INO. The van der Waals surface area contributed by atoms with E-state index in [9.17, 15) is 4.79 Å². The first-order valence-corrected chi connectivity index (χ1v) is 6.24. The normalized spacial score (nSPS) is 11.4. The second kappa shape index (κ2) is 5.48. The molecule has 0 atom stereocenters. The Hall–Kier alpha value is -0.840. The van der Waals surface area contributed by atoms with Crippen molar-refractivity contribution < 1.29 is 4.79 Å². The van der Waals surface area contributed by atoms with Crippen LogP contribution in [0.5, 0.6) is 0 Å². The van der Waals surface area contributed by atoms with E-state index in [1.54, 1.807) is 0 Å². The number of carbonyl (C=O) groups excluding carboxylic acids is 1. The molecule has 3 heteroatoms. The van der Waals surface area contributed by atoms with Crippen molar-refractivity contribution in [2.45, 2.75) is 27.7 Å². The van der Waals surface area contributed by atoms with Crippen molar-refractivity contribution in [3.8, 4) is 0 Å². The zero-order chi connectivity index (χ0) is 12.3. The van der Waals surface area contributed by atoms with E-state index in [-0.39, 0.29) is 5.91 Å². The second-order valence-corrected chi connectivity index (χ2v) is 5.03. The van der Waals surface area contributed by atoms with Gasteiger partial charge in [0.25, 0.3) is 5.91 Å². The predicted molar refractivity (Wildman–Crippen MR) is 76.7 cm³/mol. The quantitative estimate of drug-likeness (QED) is 0.649. The highest BCUT2D eigenvalue weighted by Gasteiger charge is 2.09. The number of nitrogens with one attached hydrogen (secondary N) is 1. The van der Waals surface area contributed by atoms with Gasteiger partial charge in [0.1, 0.15) is 0 Å². The summed E-state index contributed by atoms with van der Waals surface area (Å²) in [7, 11) is 0. The molecule has 1 rings (SSSR count). The maximum atomic E-state index is 11.8. The van der Waals surface area contributed by atoms with Crippen molar-refractivity contribution >= 4 is 34.2 Å². The van der Waals surface area contributed by atoms with Crippen LogP contribution in [-0.4, -0.2) is 5.91 Å². The molecule has 0 spiro atoms. The Labute approximate surface area is 110 Å². The van der Waals surface area contributed by atoms with Crippen LogP contribution >= 0.6 is 22.6 Å². The van der Waals surface area contributed by atoms with Crippen LogP contribution in [0.3, 0.4) is 0 Å². The molecule has 0 aromatic heterocycles. The topological polar surface area (TPSA) is 29.1 Å². The van der Waals surface area contributed by atoms with Crippen LogP contribution in [0.15, 0.2) is 23.8 Å². The molecule has 0 fully saturated rings. The van der Waals surface area contributed by atoms with E-state index >= 15 is 0 Å². The third-order valence-electron chi connectivity index (χ3n) is 2.46. The number of rotatable bonds is 2. The summed E-state index contributed by atoms with van der Waals surface area (Å²) in [6.07, 6.45) is 1.81. The third-order valence-corrected chi connectivity index (χ3v) is 3.31. The summed E-state index contributed by atoms with van der Waals surface area (Å²) in [4.78, 5) is 11.8. The van der Waals surface area contributed by atoms with Crippen LogP contribution < -0.4 is 5.32 Å². The Morgan fingerprint density at radius 2 is 2.00 bits per heavy atom. The number of hydrogen-bond donors (Lipinski definition) is 1. The number of aryl methyl sites for hydroxylation is 2. The summed E-state index contributed by atoms with van der Waals surface area (Å²) in [5.41, 5.74) is 3.96. The van der Waals surface area contributed by atoms with Crippen LogP contribution in [-0.2, 0) is 4.79 Å². The molecule has 0 heterocycles.